The van der Waals surface area contributed by atoms with Crippen LogP contribution in [0.2, 0.25) is 0 Å². The Bertz CT molecular complexity index is 626. The summed E-state index contributed by atoms with van der Waals surface area (Å²) in [6, 6.07) is 6.37. The first kappa shape index (κ1) is 18.1. The van der Waals surface area contributed by atoms with Crippen LogP contribution in [0.15, 0.2) is 29.2 Å². The molecule has 0 aliphatic carbocycles. The highest BCUT2D eigenvalue weighted by atomic mass is 32.2. The van der Waals surface area contributed by atoms with E-state index < -0.39 is 15.9 Å². The lowest BCUT2D eigenvalue weighted by atomic mass is 10.2. The van der Waals surface area contributed by atoms with E-state index in [-0.39, 0.29) is 23.9 Å². The van der Waals surface area contributed by atoms with E-state index in [4.69, 9.17) is 0 Å². The molecule has 0 fully saturated rings. The van der Waals surface area contributed by atoms with Gasteiger partial charge < -0.3 is 10.6 Å². The van der Waals surface area contributed by atoms with E-state index in [0.717, 1.165) is 9.87 Å². The third-order valence-electron chi connectivity index (χ3n) is 2.92. The lowest BCUT2D eigenvalue weighted by Gasteiger charge is -2.17. The van der Waals surface area contributed by atoms with Crippen LogP contribution < -0.4 is 10.6 Å². The molecule has 2 N–H and O–H groups in total. The fourth-order valence-electron chi connectivity index (χ4n) is 1.67. The van der Waals surface area contributed by atoms with E-state index in [1.54, 1.807) is 19.1 Å². The van der Waals surface area contributed by atoms with Crippen LogP contribution >= 0.6 is 0 Å². The summed E-state index contributed by atoms with van der Waals surface area (Å²) in [7, 11) is -2.41. The summed E-state index contributed by atoms with van der Waals surface area (Å²) < 4.78 is 25.5. The molecule has 0 saturated carbocycles. The number of hydrogen-bond donors (Lipinski definition) is 2. The van der Waals surface area contributed by atoms with E-state index in [1.807, 2.05) is 6.92 Å². The van der Waals surface area contributed by atoms with Crippen molar-refractivity contribution in [2.24, 2.45) is 0 Å². The summed E-state index contributed by atoms with van der Waals surface area (Å²) >= 11 is 0. The van der Waals surface area contributed by atoms with Crippen LogP contribution in [-0.4, -0.2) is 51.2 Å². The minimum Gasteiger partial charge on any atom is -0.355 e. The quantitative estimate of drug-likeness (QED) is 0.729. The van der Waals surface area contributed by atoms with Crippen LogP contribution in [0.3, 0.4) is 0 Å². The van der Waals surface area contributed by atoms with E-state index >= 15 is 0 Å². The molecule has 0 radical (unpaired) electrons. The number of sulfonamides is 1. The van der Waals surface area contributed by atoms with Crippen molar-refractivity contribution in [1.29, 1.82) is 0 Å². The number of nitrogens with zero attached hydrogens (tertiary/aromatic N) is 1. The predicted molar refractivity (Wildman–Crippen MR) is 82.7 cm³/mol. The third-order valence-corrected chi connectivity index (χ3v) is 4.73. The van der Waals surface area contributed by atoms with E-state index in [1.165, 1.54) is 19.2 Å². The first-order valence-electron chi connectivity index (χ1n) is 6.83. The molecule has 2 amide bonds. The van der Waals surface area contributed by atoms with Crippen molar-refractivity contribution in [3.8, 4) is 0 Å². The number of benzene rings is 1. The Labute approximate surface area is 130 Å². The molecule has 1 aromatic carbocycles. The van der Waals surface area contributed by atoms with Gasteiger partial charge in [0.2, 0.25) is 21.8 Å². The third kappa shape index (κ3) is 5.12. The van der Waals surface area contributed by atoms with Gasteiger partial charge in [-0.25, -0.2) is 8.42 Å². The minimum absolute atomic E-state index is 0.122. The summed E-state index contributed by atoms with van der Waals surface area (Å²) in [6.07, 6.45) is 0. The normalized spacial score (nSPS) is 11.3. The maximum Gasteiger partial charge on any atom is 0.243 e. The molecule has 1 aromatic rings. The highest BCUT2D eigenvalue weighted by molar-refractivity contribution is 7.89. The number of likely N-dealkylation sites (N-methyl/N-ethyl adjacent to an activating group) is 2. The van der Waals surface area contributed by atoms with Gasteiger partial charge in [0.05, 0.1) is 18.0 Å². The smallest absolute Gasteiger partial charge is 0.243 e. The summed E-state index contributed by atoms with van der Waals surface area (Å²) in [5.74, 6) is -0.857. The van der Waals surface area contributed by atoms with Gasteiger partial charge in [-0.1, -0.05) is 17.7 Å². The molecule has 0 aliphatic heterocycles. The van der Waals surface area contributed by atoms with Crippen LogP contribution in [-0.2, 0) is 19.6 Å². The summed E-state index contributed by atoms with van der Waals surface area (Å²) in [5, 5.41) is 4.90. The highest BCUT2D eigenvalue weighted by Crippen LogP contribution is 2.14. The molecule has 0 spiro atoms. The number of nitrogens with one attached hydrogen (secondary N) is 2. The van der Waals surface area contributed by atoms with Gasteiger partial charge in [0.1, 0.15) is 0 Å². The average molecular weight is 327 g/mol. The molecule has 0 aliphatic rings. The van der Waals surface area contributed by atoms with Crippen molar-refractivity contribution >= 4 is 21.8 Å². The Morgan fingerprint density at radius 2 is 1.68 bits per heavy atom. The maximum absolute atomic E-state index is 12.3. The second kappa shape index (κ2) is 7.90. The molecule has 0 heterocycles. The Hall–Kier alpha value is -1.93. The molecule has 8 heteroatoms. The van der Waals surface area contributed by atoms with Crippen LogP contribution in [0.5, 0.6) is 0 Å². The standard InChI is InChI=1S/C14H21N3O4S/c1-4-15-13(18)9-16-14(19)10-17(3)22(20,21)12-7-5-11(2)6-8-12/h5-8H,4,9-10H2,1-3H3,(H,15,18)(H,16,19). The molecular formula is C14H21N3O4S. The van der Waals surface area contributed by atoms with Gasteiger partial charge in [0, 0.05) is 13.6 Å². The van der Waals surface area contributed by atoms with E-state index in [9.17, 15) is 18.0 Å². The van der Waals surface area contributed by atoms with Crippen LogP contribution in [0, 0.1) is 6.92 Å². The van der Waals surface area contributed by atoms with Gasteiger partial charge >= 0.3 is 0 Å². The van der Waals surface area contributed by atoms with Crippen molar-refractivity contribution < 1.29 is 18.0 Å². The van der Waals surface area contributed by atoms with Gasteiger partial charge in [-0.05, 0) is 26.0 Å². The molecule has 122 valence electrons. The summed E-state index contributed by atoms with van der Waals surface area (Å²) in [4.78, 5) is 23.0. The van der Waals surface area contributed by atoms with Crippen LogP contribution in [0.1, 0.15) is 12.5 Å². The van der Waals surface area contributed by atoms with Gasteiger partial charge in [-0.2, -0.15) is 4.31 Å². The van der Waals surface area contributed by atoms with Crippen molar-refractivity contribution in [1.82, 2.24) is 14.9 Å². The zero-order chi connectivity index (χ0) is 16.8. The predicted octanol–water partition coefficient (Wildman–Crippen LogP) is -0.132. The highest BCUT2D eigenvalue weighted by Gasteiger charge is 2.22. The Morgan fingerprint density at radius 1 is 1.09 bits per heavy atom. The lowest BCUT2D eigenvalue weighted by molar-refractivity contribution is -0.126. The van der Waals surface area contributed by atoms with Crippen molar-refractivity contribution in [3.63, 3.8) is 0 Å². The van der Waals surface area contributed by atoms with Crippen LogP contribution in [0.4, 0.5) is 0 Å². The zero-order valence-electron chi connectivity index (χ0n) is 12.9. The Balaban J connectivity index is 2.63. The van der Waals surface area contributed by atoms with E-state index in [2.05, 4.69) is 10.6 Å². The molecular weight excluding hydrogens is 306 g/mol. The molecule has 0 unspecified atom stereocenters. The largest absolute Gasteiger partial charge is 0.355 e. The number of hydrogen-bond acceptors (Lipinski definition) is 4. The fourth-order valence-corrected chi connectivity index (χ4v) is 2.80. The Kier molecular flexibility index (Phi) is 6.51. The molecule has 0 saturated heterocycles. The van der Waals surface area contributed by atoms with Crippen molar-refractivity contribution in [2.45, 2.75) is 18.7 Å². The molecule has 22 heavy (non-hydrogen) atoms. The monoisotopic (exact) mass is 327 g/mol. The van der Waals surface area contributed by atoms with Crippen molar-refractivity contribution in [2.75, 3.05) is 26.7 Å². The van der Waals surface area contributed by atoms with Gasteiger partial charge in [-0.3, -0.25) is 9.59 Å². The van der Waals surface area contributed by atoms with Gasteiger partial charge in [-0.15, -0.1) is 0 Å². The molecule has 0 aromatic heterocycles. The van der Waals surface area contributed by atoms with Crippen molar-refractivity contribution in [3.05, 3.63) is 29.8 Å². The number of aryl methyl sites for hydroxylation is 1. The SMILES string of the molecule is CCNC(=O)CNC(=O)CN(C)S(=O)(=O)c1ccc(C)cc1. The topological polar surface area (TPSA) is 95.6 Å². The number of amides is 2. The zero-order valence-corrected chi connectivity index (χ0v) is 13.7. The first-order valence-corrected chi connectivity index (χ1v) is 8.27. The lowest BCUT2D eigenvalue weighted by Crippen LogP contribution is -2.42. The van der Waals surface area contributed by atoms with Gasteiger partial charge in [0.25, 0.3) is 0 Å². The molecule has 0 atom stereocenters. The second-order valence-corrected chi connectivity index (χ2v) is 6.85. The van der Waals surface area contributed by atoms with Crippen LogP contribution in [0.25, 0.3) is 0 Å². The summed E-state index contributed by atoms with van der Waals surface area (Å²) in [5.41, 5.74) is 0.946. The maximum atomic E-state index is 12.3. The Morgan fingerprint density at radius 3 is 2.23 bits per heavy atom. The van der Waals surface area contributed by atoms with E-state index in [0.29, 0.717) is 6.54 Å². The molecule has 1 rings (SSSR count). The fraction of sp³-hybridized carbons (Fsp3) is 0.429. The number of rotatable bonds is 7. The minimum atomic E-state index is -3.73. The average Bonchev–Trinajstić information content (AvgIpc) is 2.46. The first-order chi connectivity index (χ1) is 10.3. The summed E-state index contributed by atoms with van der Waals surface area (Å²) in [6.45, 7) is 3.56. The number of carbonyl (C=O) groups excluding carboxylic acids is 2. The van der Waals surface area contributed by atoms with Gasteiger partial charge in [0.15, 0.2) is 0 Å². The molecule has 7 nitrogen and oxygen atoms in total. The second-order valence-electron chi connectivity index (χ2n) is 4.80. The number of carbonyl (C=O) groups is 2. The molecule has 0 bridgehead atoms.